The first-order valence-corrected chi connectivity index (χ1v) is 2.64. The van der Waals surface area contributed by atoms with Gasteiger partial charge in [0, 0.05) is 6.21 Å². The largest absolute Gasteiger partial charge is 0.411 e. The summed E-state index contributed by atoms with van der Waals surface area (Å²) in [5.74, 6) is 0. The van der Waals surface area contributed by atoms with E-state index in [1.54, 1.807) is 6.92 Å². The zero-order valence-corrected chi connectivity index (χ0v) is 5.45. The maximum atomic E-state index is 7.44. The first-order valence-electron chi connectivity index (χ1n) is 1.57. The van der Waals surface area contributed by atoms with Gasteiger partial charge in [0.1, 0.15) is 0 Å². The van der Waals surface area contributed by atoms with Gasteiger partial charge in [0.15, 0.2) is 0 Å². The Morgan fingerprint density at radius 2 is 1.86 bits per heavy atom. The van der Waals surface area contributed by atoms with E-state index < -0.39 is 0 Å². The van der Waals surface area contributed by atoms with Crippen molar-refractivity contribution in [3.05, 3.63) is 0 Å². The van der Waals surface area contributed by atoms with Crippen molar-refractivity contribution in [1.29, 1.82) is 0 Å². The van der Waals surface area contributed by atoms with E-state index in [4.69, 9.17) is 28.4 Å². The lowest BCUT2D eigenvalue weighted by atomic mass is 10.9. The van der Waals surface area contributed by atoms with E-state index in [1.165, 1.54) is 6.21 Å². The van der Waals surface area contributed by atoms with Crippen LogP contribution in [-0.4, -0.2) is 16.8 Å². The summed E-state index contributed by atoms with van der Waals surface area (Å²) in [4.78, 5) is 0. The molecule has 0 atom stereocenters. The fourth-order valence-electron chi connectivity index (χ4n) is 0. The molecule has 4 heteroatoms. The average Bonchev–Trinajstić information content (AvgIpc) is 1.69. The number of rotatable bonds is 0. The lowest BCUT2D eigenvalue weighted by Crippen LogP contribution is -1.49. The highest BCUT2D eigenvalue weighted by molar-refractivity contribution is 6.40. The molecule has 0 saturated carbocycles. The van der Waals surface area contributed by atoms with Crippen molar-refractivity contribution in [2.75, 3.05) is 5.34 Å². The Kier molecular flexibility index (Phi) is 24.0. The molecule has 0 unspecified atom stereocenters. The minimum atomic E-state index is 0.194. The highest BCUT2D eigenvalue weighted by Gasteiger charge is 1.41. The molecule has 0 saturated heterocycles. The van der Waals surface area contributed by atoms with E-state index in [1.807, 2.05) is 0 Å². The number of nitrogens with zero attached hydrogens (tertiary/aromatic N) is 1. The monoisotopic (exact) mass is 143 g/mol. The van der Waals surface area contributed by atoms with E-state index >= 15 is 0 Å². The first-order chi connectivity index (χ1) is 3.33. The quantitative estimate of drug-likeness (QED) is 0.239. The van der Waals surface area contributed by atoms with Crippen LogP contribution < -0.4 is 0 Å². The minimum Gasteiger partial charge on any atom is -0.411 e. The molecule has 0 amide bonds. The average molecular weight is 144 g/mol. The maximum Gasteiger partial charge on any atom is 0.0967 e. The van der Waals surface area contributed by atoms with Crippen molar-refractivity contribution >= 4 is 29.4 Å². The van der Waals surface area contributed by atoms with Gasteiger partial charge in [-0.15, -0.1) is 28.4 Å². The third-order valence-electron chi connectivity index (χ3n) is 0.115. The molecule has 44 valence electrons. The van der Waals surface area contributed by atoms with Gasteiger partial charge in [0.2, 0.25) is 0 Å². The molecule has 7 heavy (non-hydrogen) atoms. The van der Waals surface area contributed by atoms with Crippen LogP contribution in [0, 0.1) is 0 Å². The van der Waals surface area contributed by atoms with Crippen molar-refractivity contribution in [2.24, 2.45) is 5.16 Å². The number of halogens is 2. The molecule has 0 radical (unpaired) electrons. The van der Waals surface area contributed by atoms with Crippen molar-refractivity contribution in [3.63, 3.8) is 0 Å². The van der Waals surface area contributed by atoms with Crippen LogP contribution in [0.2, 0.25) is 0 Å². The van der Waals surface area contributed by atoms with Gasteiger partial charge >= 0.3 is 0 Å². The molecule has 1 N–H and O–H groups in total. The highest BCUT2D eigenvalue weighted by Crippen LogP contribution is 1.73. The minimum absolute atomic E-state index is 0.194. The second-order valence-electron chi connectivity index (χ2n) is 0.475. The maximum absolute atomic E-state index is 7.44. The van der Waals surface area contributed by atoms with Gasteiger partial charge in [-0.1, -0.05) is 0 Å². The Hall–Kier alpha value is 0.0500. The van der Waals surface area contributed by atoms with Crippen LogP contribution in [0.3, 0.4) is 0 Å². The molecule has 0 aliphatic heterocycles. The van der Waals surface area contributed by atoms with Crippen molar-refractivity contribution in [1.82, 2.24) is 0 Å². The number of alkyl halides is 2. The molecule has 0 aromatic heterocycles. The van der Waals surface area contributed by atoms with Crippen LogP contribution in [-0.2, 0) is 0 Å². The predicted octanol–water partition coefficient (Wildman–Crippen LogP) is 1.89. The Morgan fingerprint density at radius 3 is 1.86 bits per heavy atom. The standard InChI is InChI=1S/C2H5NO.CH2Cl2/c1-2-3-4;2-1-3/h2,4H,1H3;1H2. The summed E-state index contributed by atoms with van der Waals surface area (Å²) in [6, 6.07) is 0. The molecule has 0 aromatic rings. The molecular weight excluding hydrogens is 137 g/mol. The van der Waals surface area contributed by atoms with Gasteiger partial charge in [-0.3, -0.25) is 0 Å². The fraction of sp³-hybridized carbons (Fsp3) is 0.667. The van der Waals surface area contributed by atoms with Crippen LogP contribution in [0.25, 0.3) is 0 Å². The summed E-state index contributed by atoms with van der Waals surface area (Å²) in [5, 5.41) is 10.2. The van der Waals surface area contributed by atoms with Crippen LogP contribution in [0.5, 0.6) is 0 Å². The molecule has 2 nitrogen and oxygen atoms in total. The molecule has 0 aromatic carbocycles. The van der Waals surface area contributed by atoms with Crippen LogP contribution in [0.4, 0.5) is 0 Å². The SMILES string of the molecule is CC=NO.ClCCl. The summed E-state index contributed by atoms with van der Waals surface area (Å²) >= 11 is 9.53. The van der Waals surface area contributed by atoms with E-state index in [0.717, 1.165) is 0 Å². The highest BCUT2D eigenvalue weighted by atomic mass is 35.5. The molecule has 0 aliphatic rings. The van der Waals surface area contributed by atoms with Gasteiger partial charge in [0.05, 0.1) is 5.34 Å². The van der Waals surface area contributed by atoms with Gasteiger partial charge in [-0.2, -0.15) is 0 Å². The topological polar surface area (TPSA) is 32.6 Å². The Labute approximate surface area is 52.7 Å². The van der Waals surface area contributed by atoms with Crippen LogP contribution in [0.15, 0.2) is 5.16 Å². The zero-order chi connectivity index (χ0) is 6.12. The molecule has 0 rings (SSSR count). The van der Waals surface area contributed by atoms with Gasteiger partial charge in [-0.05, 0) is 6.92 Å². The van der Waals surface area contributed by atoms with Crippen LogP contribution >= 0.6 is 23.2 Å². The second-order valence-corrected chi connectivity index (χ2v) is 1.28. The first kappa shape index (κ1) is 10.1. The van der Waals surface area contributed by atoms with Crippen molar-refractivity contribution in [2.45, 2.75) is 6.92 Å². The van der Waals surface area contributed by atoms with Gasteiger partial charge < -0.3 is 5.21 Å². The Bertz CT molecular complexity index is 35.9. The number of hydrogen-bond acceptors (Lipinski definition) is 2. The molecule has 0 spiro atoms. The fourth-order valence-corrected chi connectivity index (χ4v) is 0. The summed E-state index contributed by atoms with van der Waals surface area (Å²) in [6.07, 6.45) is 1.31. The molecule has 0 aliphatic carbocycles. The molecular formula is C3H7Cl2NO. The van der Waals surface area contributed by atoms with Crippen molar-refractivity contribution < 1.29 is 5.21 Å². The van der Waals surface area contributed by atoms with E-state index in [2.05, 4.69) is 5.16 Å². The zero-order valence-electron chi connectivity index (χ0n) is 3.93. The number of oxime groups is 1. The molecule has 0 fully saturated rings. The number of hydrogen-bond donors (Lipinski definition) is 1. The van der Waals surface area contributed by atoms with Gasteiger partial charge in [0.25, 0.3) is 0 Å². The molecule has 0 bridgehead atoms. The summed E-state index contributed by atoms with van der Waals surface area (Å²) < 4.78 is 0. The predicted molar refractivity (Wildman–Crippen MR) is 32.5 cm³/mol. The van der Waals surface area contributed by atoms with Crippen molar-refractivity contribution in [3.8, 4) is 0 Å². The molecule has 0 heterocycles. The Balaban J connectivity index is 0. The smallest absolute Gasteiger partial charge is 0.0967 e. The summed E-state index contributed by atoms with van der Waals surface area (Å²) in [5.41, 5.74) is 0. The lowest BCUT2D eigenvalue weighted by molar-refractivity contribution is 0.321. The lowest BCUT2D eigenvalue weighted by Gasteiger charge is -1.54. The third kappa shape index (κ3) is 90.0. The second kappa shape index (κ2) is 16.6. The third-order valence-corrected chi connectivity index (χ3v) is 0.115. The Morgan fingerprint density at radius 1 is 1.71 bits per heavy atom. The van der Waals surface area contributed by atoms with E-state index in [0.29, 0.717) is 0 Å². The summed E-state index contributed by atoms with van der Waals surface area (Å²) in [6.45, 7) is 1.64. The van der Waals surface area contributed by atoms with E-state index in [-0.39, 0.29) is 5.34 Å². The van der Waals surface area contributed by atoms with Crippen LogP contribution in [0.1, 0.15) is 6.92 Å². The van der Waals surface area contributed by atoms with E-state index in [9.17, 15) is 0 Å². The normalized spacial score (nSPS) is 7.86. The van der Waals surface area contributed by atoms with Gasteiger partial charge in [-0.25, -0.2) is 0 Å². The summed E-state index contributed by atoms with van der Waals surface area (Å²) in [7, 11) is 0.